The Morgan fingerprint density at radius 2 is 1.35 bits per heavy atom. The predicted molar refractivity (Wildman–Crippen MR) is 103 cm³/mol. The highest BCUT2D eigenvalue weighted by atomic mass is 16.6. The molecule has 0 amide bonds. The Morgan fingerprint density at radius 1 is 0.808 bits per heavy atom. The maximum absolute atomic E-state index is 10.8. The molecule has 0 atom stereocenters. The molecule has 1 aliphatic carbocycles. The number of anilines is 1. The van der Waals surface area contributed by atoms with Crippen molar-refractivity contribution in [2.75, 3.05) is 5.43 Å². The van der Waals surface area contributed by atoms with Crippen molar-refractivity contribution < 1.29 is 4.92 Å². The quantitative estimate of drug-likeness (QED) is 0.560. The van der Waals surface area contributed by atoms with Gasteiger partial charge in [0.2, 0.25) is 0 Å². The first-order valence-corrected chi connectivity index (χ1v) is 8.47. The number of nitrogens with zero attached hydrogens (tertiary/aromatic N) is 2. The second-order valence-corrected chi connectivity index (χ2v) is 6.19. The van der Waals surface area contributed by atoms with Crippen molar-refractivity contribution >= 4 is 17.1 Å². The first-order chi connectivity index (χ1) is 12.7. The van der Waals surface area contributed by atoms with Gasteiger partial charge in [0, 0.05) is 23.3 Å². The number of aryl methyl sites for hydroxylation is 2. The van der Waals surface area contributed by atoms with Gasteiger partial charge in [0.25, 0.3) is 5.69 Å². The molecule has 0 heterocycles. The molecule has 1 aliphatic rings. The highest BCUT2D eigenvalue weighted by molar-refractivity contribution is 6.15. The zero-order valence-electron chi connectivity index (χ0n) is 14.1. The van der Waals surface area contributed by atoms with Crippen molar-refractivity contribution in [2.24, 2.45) is 5.10 Å². The van der Waals surface area contributed by atoms with E-state index < -0.39 is 4.92 Å². The molecule has 4 rings (SSSR count). The number of hydrogen-bond donors (Lipinski definition) is 1. The molecule has 128 valence electrons. The molecule has 3 aromatic carbocycles. The summed E-state index contributed by atoms with van der Waals surface area (Å²) in [7, 11) is 0. The first-order valence-electron chi connectivity index (χ1n) is 8.47. The van der Waals surface area contributed by atoms with Crippen LogP contribution in [-0.4, -0.2) is 10.6 Å². The van der Waals surface area contributed by atoms with Crippen molar-refractivity contribution in [1.82, 2.24) is 0 Å². The number of nitrogens with one attached hydrogen (secondary N) is 1. The molecule has 0 radical (unpaired) electrons. The Labute approximate surface area is 151 Å². The normalized spacial score (nSPS) is 12.5. The van der Waals surface area contributed by atoms with Crippen LogP contribution in [0.3, 0.4) is 0 Å². The molecular weight excluding hydrogens is 326 g/mol. The number of non-ortho nitro benzene ring substituents is 1. The van der Waals surface area contributed by atoms with Gasteiger partial charge in [0.05, 0.1) is 16.3 Å². The number of hydrogen-bond acceptors (Lipinski definition) is 4. The highest BCUT2D eigenvalue weighted by Gasteiger charge is 2.19. The van der Waals surface area contributed by atoms with Crippen LogP contribution in [0, 0.1) is 10.1 Å². The van der Waals surface area contributed by atoms with Crippen LogP contribution in [0.15, 0.2) is 77.9 Å². The molecule has 0 spiro atoms. The molecule has 0 unspecified atom stereocenters. The van der Waals surface area contributed by atoms with Gasteiger partial charge in [-0.15, -0.1) is 0 Å². The molecule has 0 aromatic heterocycles. The lowest BCUT2D eigenvalue weighted by Crippen LogP contribution is -2.08. The Hall–Kier alpha value is -3.47. The second kappa shape index (κ2) is 6.80. The van der Waals surface area contributed by atoms with Gasteiger partial charge in [-0.3, -0.25) is 15.5 Å². The molecular formula is C21H17N3O2. The maximum atomic E-state index is 10.8. The zero-order valence-corrected chi connectivity index (χ0v) is 14.1. The average molecular weight is 343 g/mol. The monoisotopic (exact) mass is 343 g/mol. The third kappa shape index (κ3) is 3.07. The van der Waals surface area contributed by atoms with E-state index in [-0.39, 0.29) is 5.69 Å². The molecule has 3 aromatic rings. The van der Waals surface area contributed by atoms with E-state index in [9.17, 15) is 10.1 Å². The fraction of sp³-hybridized carbons (Fsp3) is 0.0952. The molecule has 0 fully saturated rings. The van der Waals surface area contributed by atoms with E-state index in [1.165, 1.54) is 23.3 Å². The summed E-state index contributed by atoms with van der Waals surface area (Å²) >= 11 is 0. The summed E-state index contributed by atoms with van der Waals surface area (Å²) in [5.41, 5.74) is 9.50. The van der Waals surface area contributed by atoms with Crippen LogP contribution in [-0.2, 0) is 12.8 Å². The third-order valence-electron chi connectivity index (χ3n) is 4.58. The van der Waals surface area contributed by atoms with Crippen LogP contribution in [0.25, 0.3) is 0 Å². The molecule has 1 N–H and O–H groups in total. The van der Waals surface area contributed by atoms with Crippen molar-refractivity contribution in [3.05, 3.63) is 105 Å². The Morgan fingerprint density at radius 3 is 1.88 bits per heavy atom. The molecule has 5 heteroatoms. The smallest absolute Gasteiger partial charge is 0.269 e. The topological polar surface area (TPSA) is 67.5 Å². The Kier molecular flexibility index (Phi) is 4.19. The summed E-state index contributed by atoms with van der Waals surface area (Å²) in [5.74, 6) is 0. The number of nitro benzene ring substituents is 1. The van der Waals surface area contributed by atoms with E-state index in [0.717, 1.165) is 29.7 Å². The summed E-state index contributed by atoms with van der Waals surface area (Å²) in [6.07, 6.45) is 1.95. The van der Waals surface area contributed by atoms with Gasteiger partial charge in [0.1, 0.15) is 0 Å². The molecule has 26 heavy (non-hydrogen) atoms. The van der Waals surface area contributed by atoms with Crippen molar-refractivity contribution in [2.45, 2.75) is 12.8 Å². The summed E-state index contributed by atoms with van der Waals surface area (Å²) in [4.78, 5) is 10.4. The van der Waals surface area contributed by atoms with E-state index in [2.05, 4.69) is 46.9 Å². The number of fused-ring (bicyclic) bond motifs is 2. The van der Waals surface area contributed by atoms with E-state index >= 15 is 0 Å². The summed E-state index contributed by atoms with van der Waals surface area (Å²) in [5, 5.41) is 15.5. The standard InChI is InChI=1S/C21H17N3O2/c25-24(26)18-13-11-17(12-14-18)22-23-21-19-7-3-1-5-15(19)9-10-16-6-2-4-8-20(16)21/h1-8,11-14,22H,9-10H2. The van der Waals surface area contributed by atoms with Gasteiger partial charge >= 0.3 is 0 Å². The number of rotatable bonds is 3. The molecule has 0 saturated heterocycles. The third-order valence-corrected chi connectivity index (χ3v) is 4.58. The largest absolute Gasteiger partial charge is 0.278 e. The number of benzene rings is 3. The van der Waals surface area contributed by atoms with Gasteiger partial charge in [0.15, 0.2) is 0 Å². The van der Waals surface area contributed by atoms with Crippen molar-refractivity contribution in [3.63, 3.8) is 0 Å². The molecule has 0 aliphatic heterocycles. The number of hydrazone groups is 1. The van der Waals surface area contributed by atoms with E-state index in [4.69, 9.17) is 0 Å². The lowest BCUT2D eigenvalue weighted by Gasteiger charge is -2.11. The van der Waals surface area contributed by atoms with Gasteiger partial charge in [-0.2, -0.15) is 5.10 Å². The Bertz CT molecular complexity index is 945. The van der Waals surface area contributed by atoms with Crippen LogP contribution >= 0.6 is 0 Å². The SMILES string of the molecule is O=[N+]([O-])c1ccc(NN=C2c3ccccc3CCc3ccccc32)cc1. The fourth-order valence-corrected chi connectivity index (χ4v) is 3.25. The minimum atomic E-state index is -0.409. The van der Waals surface area contributed by atoms with E-state index in [1.807, 2.05) is 12.1 Å². The lowest BCUT2D eigenvalue weighted by molar-refractivity contribution is -0.384. The van der Waals surface area contributed by atoms with E-state index in [0.29, 0.717) is 5.69 Å². The van der Waals surface area contributed by atoms with Gasteiger partial charge in [-0.1, -0.05) is 48.5 Å². The predicted octanol–water partition coefficient (Wildman–Crippen LogP) is 4.56. The zero-order chi connectivity index (χ0) is 17.9. The minimum absolute atomic E-state index is 0.0633. The van der Waals surface area contributed by atoms with Gasteiger partial charge in [-0.25, -0.2) is 0 Å². The second-order valence-electron chi connectivity index (χ2n) is 6.19. The van der Waals surface area contributed by atoms with Crippen LogP contribution in [0.2, 0.25) is 0 Å². The molecule has 5 nitrogen and oxygen atoms in total. The summed E-state index contributed by atoms with van der Waals surface area (Å²) in [6, 6.07) is 22.9. The molecule has 0 saturated carbocycles. The lowest BCUT2D eigenvalue weighted by atomic mass is 9.98. The van der Waals surface area contributed by atoms with Crippen molar-refractivity contribution in [1.29, 1.82) is 0 Å². The summed E-state index contributed by atoms with van der Waals surface area (Å²) in [6.45, 7) is 0. The van der Waals surface area contributed by atoms with Crippen molar-refractivity contribution in [3.8, 4) is 0 Å². The maximum Gasteiger partial charge on any atom is 0.269 e. The van der Waals surface area contributed by atoms with Gasteiger partial charge < -0.3 is 0 Å². The van der Waals surface area contributed by atoms with Crippen LogP contribution in [0.1, 0.15) is 22.3 Å². The number of nitro groups is 1. The van der Waals surface area contributed by atoms with Gasteiger partial charge in [-0.05, 0) is 36.1 Å². The molecule has 0 bridgehead atoms. The Balaban J connectivity index is 1.74. The minimum Gasteiger partial charge on any atom is -0.278 e. The fourth-order valence-electron chi connectivity index (χ4n) is 3.25. The van der Waals surface area contributed by atoms with Crippen LogP contribution < -0.4 is 5.43 Å². The highest BCUT2D eigenvalue weighted by Crippen LogP contribution is 2.25. The van der Waals surface area contributed by atoms with E-state index in [1.54, 1.807) is 12.1 Å². The first kappa shape index (κ1) is 16.0. The average Bonchev–Trinajstić information content (AvgIpc) is 2.84. The van der Waals surface area contributed by atoms with Crippen LogP contribution in [0.5, 0.6) is 0 Å². The summed E-state index contributed by atoms with van der Waals surface area (Å²) < 4.78 is 0. The van der Waals surface area contributed by atoms with Crippen LogP contribution in [0.4, 0.5) is 11.4 Å².